The van der Waals surface area contributed by atoms with Gasteiger partial charge in [0, 0.05) is 18.8 Å². The van der Waals surface area contributed by atoms with Gasteiger partial charge in [0.15, 0.2) is 0 Å². The number of benzene rings is 1. The Morgan fingerprint density at radius 2 is 2.12 bits per heavy atom. The van der Waals surface area contributed by atoms with E-state index in [1.807, 2.05) is 44.3 Å². The van der Waals surface area contributed by atoms with Crippen LogP contribution in [-0.2, 0) is 7.05 Å². The Bertz CT molecular complexity index is 493. The molecule has 1 unspecified atom stereocenters. The number of nitrogens with zero attached hydrogens (tertiary/aromatic N) is 2. The highest BCUT2D eigenvalue weighted by molar-refractivity contribution is 5.39. The second-order valence-electron chi connectivity index (χ2n) is 3.83. The van der Waals surface area contributed by atoms with Crippen LogP contribution in [-0.4, -0.2) is 16.4 Å². The van der Waals surface area contributed by atoms with Gasteiger partial charge in [-0.2, -0.15) is 5.10 Å². The zero-order valence-corrected chi connectivity index (χ0v) is 10.1. The van der Waals surface area contributed by atoms with Crippen LogP contribution in [0.4, 0.5) is 0 Å². The van der Waals surface area contributed by atoms with Crippen molar-refractivity contribution in [1.29, 1.82) is 0 Å². The summed E-state index contributed by atoms with van der Waals surface area (Å²) in [6.45, 7) is 2.60. The third-order valence-corrected chi connectivity index (χ3v) is 2.73. The third kappa shape index (κ3) is 2.31. The molecule has 2 aromatic rings. The molecule has 0 amide bonds. The van der Waals surface area contributed by atoms with Gasteiger partial charge >= 0.3 is 0 Å². The summed E-state index contributed by atoms with van der Waals surface area (Å²) in [7, 11) is 1.89. The van der Waals surface area contributed by atoms with Crippen molar-refractivity contribution in [2.24, 2.45) is 12.8 Å². The van der Waals surface area contributed by atoms with E-state index in [0.717, 1.165) is 17.0 Å². The highest BCUT2D eigenvalue weighted by Crippen LogP contribution is 2.27. The lowest BCUT2D eigenvalue weighted by Crippen LogP contribution is -2.17. The maximum atomic E-state index is 6.25. The first-order valence-electron chi connectivity index (χ1n) is 5.69. The Labute approximate surface area is 101 Å². The summed E-state index contributed by atoms with van der Waals surface area (Å²) in [5.74, 6) is 0.837. The van der Waals surface area contributed by atoms with Gasteiger partial charge in [-0.3, -0.25) is 4.68 Å². The van der Waals surface area contributed by atoms with E-state index in [4.69, 9.17) is 10.5 Å². The largest absolute Gasteiger partial charge is 0.494 e. The number of para-hydroxylation sites is 1. The summed E-state index contributed by atoms with van der Waals surface area (Å²) in [5.41, 5.74) is 8.21. The first-order chi connectivity index (χ1) is 8.24. The van der Waals surface area contributed by atoms with Crippen LogP contribution in [0.1, 0.15) is 24.2 Å². The van der Waals surface area contributed by atoms with Crippen LogP contribution >= 0.6 is 0 Å². The second kappa shape index (κ2) is 5.01. The van der Waals surface area contributed by atoms with Gasteiger partial charge in [0.2, 0.25) is 0 Å². The van der Waals surface area contributed by atoms with Crippen LogP contribution in [0.15, 0.2) is 36.5 Å². The van der Waals surface area contributed by atoms with E-state index in [0.29, 0.717) is 6.61 Å². The van der Waals surface area contributed by atoms with E-state index in [1.54, 1.807) is 10.9 Å². The lowest BCUT2D eigenvalue weighted by Gasteiger charge is -2.16. The number of hydrogen-bond donors (Lipinski definition) is 1. The van der Waals surface area contributed by atoms with Crippen molar-refractivity contribution in [3.8, 4) is 5.75 Å². The van der Waals surface area contributed by atoms with Gasteiger partial charge in [0.05, 0.1) is 18.3 Å². The van der Waals surface area contributed by atoms with E-state index in [-0.39, 0.29) is 6.04 Å². The molecule has 90 valence electrons. The zero-order chi connectivity index (χ0) is 12.3. The van der Waals surface area contributed by atoms with Gasteiger partial charge in [-0.25, -0.2) is 0 Å². The molecule has 0 radical (unpaired) electrons. The first-order valence-corrected chi connectivity index (χ1v) is 5.69. The van der Waals surface area contributed by atoms with Crippen LogP contribution in [0.2, 0.25) is 0 Å². The molecule has 2 N–H and O–H groups in total. The lowest BCUT2D eigenvalue weighted by molar-refractivity contribution is 0.335. The van der Waals surface area contributed by atoms with Gasteiger partial charge in [0.1, 0.15) is 5.75 Å². The molecule has 17 heavy (non-hydrogen) atoms. The minimum atomic E-state index is -0.217. The van der Waals surface area contributed by atoms with Crippen LogP contribution in [0.5, 0.6) is 5.75 Å². The Kier molecular flexibility index (Phi) is 3.44. The van der Waals surface area contributed by atoms with E-state index in [2.05, 4.69) is 5.10 Å². The summed E-state index contributed by atoms with van der Waals surface area (Å²) < 4.78 is 7.37. The van der Waals surface area contributed by atoms with Gasteiger partial charge in [-0.1, -0.05) is 18.2 Å². The molecule has 4 nitrogen and oxygen atoms in total. The van der Waals surface area contributed by atoms with Crippen LogP contribution in [0.3, 0.4) is 0 Å². The highest BCUT2D eigenvalue weighted by atomic mass is 16.5. The van der Waals surface area contributed by atoms with E-state index >= 15 is 0 Å². The van der Waals surface area contributed by atoms with Gasteiger partial charge in [-0.15, -0.1) is 0 Å². The normalized spacial score (nSPS) is 12.4. The predicted molar refractivity (Wildman–Crippen MR) is 66.8 cm³/mol. The summed E-state index contributed by atoms with van der Waals surface area (Å²) >= 11 is 0. The predicted octanol–water partition coefficient (Wildman–Crippen LogP) is 1.87. The molecule has 0 bridgehead atoms. The van der Waals surface area contributed by atoms with Crippen molar-refractivity contribution in [3.63, 3.8) is 0 Å². The molecule has 0 saturated heterocycles. The minimum absolute atomic E-state index is 0.217. The molecule has 0 saturated carbocycles. The fourth-order valence-electron chi connectivity index (χ4n) is 1.87. The quantitative estimate of drug-likeness (QED) is 0.874. The summed E-state index contributed by atoms with van der Waals surface area (Å²) in [6, 6.07) is 9.55. The zero-order valence-electron chi connectivity index (χ0n) is 10.1. The van der Waals surface area contributed by atoms with Crippen LogP contribution < -0.4 is 10.5 Å². The van der Waals surface area contributed by atoms with Gasteiger partial charge < -0.3 is 10.5 Å². The summed E-state index contributed by atoms with van der Waals surface area (Å²) in [5, 5.41) is 4.13. The van der Waals surface area contributed by atoms with E-state index in [1.165, 1.54) is 0 Å². The Balaban J connectivity index is 2.37. The Hall–Kier alpha value is -1.81. The van der Waals surface area contributed by atoms with E-state index < -0.39 is 0 Å². The molecular formula is C13H17N3O. The molecular weight excluding hydrogens is 214 g/mol. The Morgan fingerprint density at radius 3 is 2.76 bits per heavy atom. The topological polar surface area (TPSA) is 53.1 Å². The fourth-order valence-corrected chi connectivity index (χ4v) is 1.87. The molecule has 1 atom stereocenters. The molecule has 0 fully saturated rings. The maximum Gasteiger partial charge on any atom is 0.124 e. The number of nitrogens with two attached hydrogens (primary N) is 1. The van der Waals surface area contributed by atoms with Crippen molar-refractivity contribution in [1.82, 2.24) is 9.78 Å². The number of ether oxygens (including phenoxy) is 1. The van der Waals surface area contributed by atoms with Gasteiger partial charge in [0.25, 0.3) is 0 Å². The van der Waals surface area contributed by atoms with Crippen molar-refractivity contribution in [2.45, 2.75) is 13.0 Å². The molecule has 0 spiro atoms. The first kappa shape index (κ1) is 11.7. The molecule has 0 aliphatic heterocycles. The van der Waals surface area contributed by atoms with Crippen molar-refractivity contribution >= 4 is 0 Å². The molecule has 1 aromatic heterocycles. The Morgan fingerprint density at radius 1 is 1.35 bits per heavy atom. The fraction of sp³-hybridized carbons (Fsp3) is 0.308. The SMILES string of the molecule is CCOc1ccccc1C(N)c1ccnn1C. The summed E-state index contributed by atoms with van der Waals surface area (Å²) in [6.07, 6.45) is 1.75. The van der Waals surface area contributed by atoms with Crippen molar-refractivity contribution in [2.75, 3.05) is 6.61 Å². The minimum Gasteiger partial charge on any atom is -0.494 e. The number of hydrogen-bond acceptors (Lipinski definition) is 3. The molecule has 0 aliphatic carbocycles. The van der Waals surface area contributed by atoms with Gasteiger partial charge in [-0.05, 0) is 19.1 Å². The molecule has 0 aliphatic rings. The summed E-state index contributed by atoms with van der Waals surface area (Å²) in [4.78, 5) is 0. The average Bonchev–Trinajstić information content (AvgIpc) is 2.76. The molecule has 4 heteroatoms. The highest BCUT2D eigenvalue weighted by Gasteiger charge is 2.16. The molecule has 1 heterocycles. The number of aryl methyl sites for hydroxylation is 1. The molecule has 1 aromatic carbocycles. The van der Waals surface area contributed by atoms with Crippen molar-refractivity contribution < 1.29 is 4.74 Å². The standard InChI is InChI=1S/C13H17N3O/c1-3-17-12-7-5-4-6-10(12)13(14)11-8-9-15-16(11)2/h4-9,13H,3,14H2,1-2H3. The van der Waals surface area contributed by atoms with E-state index in [9.17, 15) is 0 Å². The third-order valence-electron chi connectivity index (χ3n) is 2.73. The lowest BCUT2D eigenvalue weighted by atomic mass is 10.0. The number of aromatic nitrogens is 2. The molecule has 2 rings (SSSR count). The monoisotopic (exact) mass is 231 g/mol. The van der Waals surface area contributed by atoms with Crippen LogP contribution in [0.25, 0.3) is 0 Å². The second-order valence-corrected chi connectivity index (χ2v) is 3.83. The van der Waals surface area contributed by atoms with Crippen molar-refractivity contribution in [3.05, 3.63) is 47.8 Å². The smallest absolute Gasteiger partial charge is 0.124 e. The van der Waals surface area contributed by atoms with Crippen LogP contribution in [0, 0.1) is 0 Å². The average molecular weight is 231 g/mol. The maximum absolute atomic E-state index is 6.25. The number of rotatable bonds is 4.